The topological polar surface area (TPSA) is 49.3 Å². The van der Waals surface area contributed by atoms with E-state index in [2.05, 4.69) is 43.3 Å². The van der Waals surface area contributed by atoms with E-state index in [4.69, 9.17) is 5.21 Å². The van der Waals surface area contributed by atoms with Gasteiger partial charge in [0.05, 0.1) is 0 Å². The molecule has 2 N–H and O–H groups in total. The summed E-state index contributed by atoms with van der Waals surface area (Å²) < 4.78 is 0. The Balaban J connectivity index is 1.39. The van der Waals surface area contributed by atoms with Gasteiger partial charge in [-0.25, -0.2) is 5.48 Å². The van der Waals surface area contributed by atoms with Crippen LogP contribution in [-0.4, -0.2) is 11.1 Å². The van der Waals surface area contributed by atoms with E-state index in [1.807, 2.05) is 12.1 Å². The lowest BCUT2D eigenvalue weighted by atomic mass is 9.47. The molecule has 0 radical (unpaired) electrons. The monoisotopic (exact) mass is 411 g/mol. The molecule has 0 saturated heterocycles. The average molecular weight is 412 g/mol. The van der Waals surface area contributed by atoms with Crippen LogP contribution >= 0.6 is 0 Å². The van der Waals surface area contributed by atoms with Crippen molar-refractivity contribution in [2.24, 2.45) is 17.8 Å². The van der Waals surface area contributed by atoms with Gasteiger partial charge in [-0.3, -0.25) is 10.0 Å². The smallest absolute Gasteiger partial charge is 0.274 e. The molecule has 31 heavy (non-hydrogen) atoms. The van der Waals surface area contributed by atoms with E-state index in [0.717, 1.165) is 28.5 Å². The number of nitrogens with one attached hydrogen (secondary N) is 1. The second kappa shape index (κ2) is 6.93. The highest BCUT2D eigenvalue weighted by molar-refractivity contribution is 5.98. The first-order valence-corrected chi connectivity index (χ1v) is 11.6. The van der Waals surface area contributed by atoms with Crippen LogP contribution in [0.5, 0.6) is 0 Å². The lowest BCUT2D eigenvalue weighted by Gasteiger charge is -2.57. The summed E-state index contributed by atoms with van der Waals surface area (Å²) in [5.41, 5.74) is 8.13. The number of rotatable bonds is 3. The van der Waals surface area contributed by atoms with Crippen molar-refractivity contribution >= 4 is 16.7 Å². The van der Waals surface area contributed by atoms with Gasteiger partial charge >= 0.3 is 0 Å². The predicted molar refractivity (Wildman–Crippen MR) is 123 cm³/mol. The van der Waals surface area contributed by atoms with Crippen molar-refractivity contribution in [1.82, 2.24) is 5.48 Å². The van der Waals surface area contributed by atoms with Gasteiger partial charge in [0.25, 0.3) is 5.91 Å². The van der Waals surface area contributed by atoms with Crippen molar-refractivity contribution in [3.63, 3.8) is 0 Å². The first-order valence-electron chi connectivity index (χ1n) is 11.6. The summed E-state index contributed by atoms with van der Waals surface area (Å²) in [6, 6.07) is 19.0. The molecule has 7 rings (SSSR count). The highest BCUT2D eigenvalue weighted by Gasteiger charge is 2.51. The SMILES string of the molecule is Cc1ccc(-c2ccc3cc(C(=O)NO)ccc3c2)cc1C12CC3CC(CC(C3)C1)C2. The highest BCUT2D eigenvalue weighted by Crippen LogP contribution is 2.61. The van der Waals surface area contributed by atoms with Crippen molar-refractivity contribution < 1.29 is 10.0 Å². The molecule has 4 fully saturated rings. The Bertz CT molecular complexity index is 1160. The Morgan fingerprint density at radius 3 is 2.10 bits per heavy atom. The summed E-state index contributed by atoms with van der Waals surface area (Å²) in [7, 11) is 0. The van der Waals surface area contributed by atoms with Crippen LogP contribution in [0, 0.1) is 24.7 Å². The second-order valence-electron chi connectivity index (χ2n) is 10.4. The van der Waals surface area contributed by atoms with Gasteiger partial charge in [-0.15, -0.1) is 0 Å². The number of carbonyl (C=O) groups is 1. The van der Waals surface area contributed by atoms with Crippen LogP contribution in [0.1, 0.15) is 60.0 Å². The van der Waals surface area contributed by atoms with E-state index in [0.29, 0.717) is 11.0 Å². The molecule has 0 aliphatic heterocycles. The summed E-state index contributed by atoms with van der Waals surface area (Å²) >= 11 is 0. The molecule has 3 nitrogen and oxygen atoms in total. The Morgan fingerprint density at radius 1 is 0.839 bits per heavy atom. The maximum absolute atomic E-state index is 11.7. The van der Waals surface area contributed by atoms with Crippen molar-refractivity contribution in [2.75, 3.05) is 0 Å². The number of hydrogen-bond donors (Lipinski definition) is 2. The number of hydroxylamine groups is 1. The maximum Gasteiger partial charge on any atom is 0.274 e. The molecular weight excluding hydrogens is 382 g/mol. The number of amides is 1. The maximum atomic E-state index is 11.7. The molecule has 4 aliphatic rings. The van der Waals surface area contributed by atoms with Crippen LogP contribution in [0.15, 0.2) is 54.6 Å². The molecule has 0 unspecified atom stereocenters. The fourth-order valence-electron chi connectivity index (χ4n) is 7.44. The molecule has 0 aromatic heterocycles. The standard InChI is InChI=1S/C28H29NO2/c1-17-2-3-24(13-26(17)28-14-18-8-19(15-28)10-20(9-18)16-28)22-4-5-23-12-25(27(30)29-31)7-6-21(23)11-22/h2-7,11-13,18-20,31H,8-10,14-16H2,1H3,(H,29,30). The fraction of sp³-hybridized carbons (Fsp3) is 0.393. The third-order valence-corrected chi connectivity index (χ3v) is 8.38. The van der Waals surface area contributed by atoms with E-state index < -0.39 is 5.91 Å². The summed E-state index contributed by atoms with van der Waals surface area (Å²) in [5.74, 6) is 2.35. The third-order valence-electron chi connectivity index (χ3n) is 8.38. The molecule has 3 aromatic rings. The van der Waals surface area contributed by atoms with Crippen LogP contribution in [0.3, 0.4) is 0 Å². The molecule has 3 aromatic carbocycles. The zero-order chi connectivity index (χ0) is 21.2. The molecule has 4 bridgehead atoms. The van der Waals surface area contributed by atoms with Gasteiger partial charge in [0.15, 0.2) is 0 Å². The predicted octanol–water partition coefficient (Wildman–Crippen LogP) is 6.40. The van der Waals surface area contributed by atoms with Gasteiger partial charge in [-0.2, -0.15) is 0 Å². The van der Waals surface area contributed by atoms with Gasteiger partial charge in [0, 0.05) is 5.56 Å². The summed E-state index contributed by atoms with van der Waals surface area (Å²) in [4.78, 5) is 11.7. The molecule has 0 heterocycles. The lowest BCUT2D eigenvalue weighted by molar-refractivity contribution is -0.00544. The molecule has 3 heteroatoms. The zero-order valence-electron chi connectivity index (χ0n) is 18.0. The number of fused-ring (bicyclic) bond motifs is 1. The minimum atomic E-state index is -0.482. The fourth-order valence-corrected chi connectivity index (χ4v) is 7.44. The third kappa shape index (κ3) is 3.10. The van der Waals surface area contributed by atoms with Crippen molar-refractivity contribution in [3.8, 4) is 11.1 Å². The Labute approximate surface area is 183 Å². The Morgan fingerprint density at radius 2 is 1.42 bits per heavy atom. The molecule has 4 saturated carbocycles. The number of aryl methyl sites for hydroxylation is 1. The van der Waals surface area contributed by atoms with Crippen LogP contribution in [-0.2, 0) is 5.41 Å². The van der Waals surface area contributed by atoms with E-state index in [1.54, 1.807) is 17.1 Å². The van der Waals surface area contributed by atoms with E-state index >= 15 is 0 Å². The van der Waals surface area contributed by atoms with Crippen molar-refractivity contribution in [3.05, 3.63) is 71.3 Å². The largest absolute Gasteiger partial charge is 0.288 e. The highest BCUT2D eigenvalue weighted by atomic mass is 16.5. The first kappa shape index (κ1) is 19.1. The van der Waals surface area contributed by atoms with Crippen LogP contribution in [0.2, 0.25) is 0 Å². The quantitative estimate of drug-likeness (QED) is 0.387. The molecular formula is C28H29NO2. The number of carbonyl (C=O) groups excluding carboxylic acids is 1. The first-order chi connectivity index (χ1) is 15.0. The molecule has 0 spiro atoms. The minimum absolute atomic E-state index is 0.401. The van der Waals surface area contributed by atoms with Gasteiger partial charge in [-0.1, -0.05) is 36.4 Å². The van der Waals surface area contributed by atoms with E-state index in [1.165, 1.54) is 55.2 Å². The van der Waals surface area contributed by atoms with E-state index in [-0.39, 0.29) is 0 Å². The summed E-state index contributed by atoms with van der Waals surface area (Å²) in [6.45, 7) is 2.30. The van der Waals surface area contributed by atoms with Crippen molar-refractivity contribution in [1.29, 1.82) is 0 Å². The molecule has 158 valence electrons. The Hall–Kier alpha value is -2.65. The molecule has 1 amide bonds. The molecule has 4 aliphatic carbocycles. The summed E-state index contributed by atoms with van der Waals surface area (Å²) in [5, 5.41) is 11.0. The van der Waals surface area contributed by atoms with Crippen molar-refractivity contribution in [2.45, 2.75) is 50.9 Å². The van der Waals surface area contributed by atoms with Crippen LogP contribution < -0.4 is 5.48 Å². The zero-order valence-corrected chi connectivity index (χ0v) is 18.0. The van der Waals surface area contributed by atoms with Crippen LogP contribution in [0.4, 0.5) is 0 Å². The van der Waals surface area contributed by atoms with Gasteiger partial charge < -0.3 is 0 Å². The van der Waals surface area contributed by atoms with E-state index in [9.17, 15) is 4.79 Å². The summed E-state index contributed by atoms with van der Waals surface area (Å²) in [6.07, 6.45) is 8.57. The molecule has 0 atom stereocenters. The number of benzene rings is 3. The Kier molecular flexibility index (Phi) is 4.26. The normalized spacial score (nSPS) is 28.8. The van der Waals surface area contributed by atoms with Gasteiger partial charge in [0.1, 0.15) is 0 Å². The van der Waals surface area contributed by atoms with Crippen LogP contribution in [0.25, 0.3) is 21.9 Å². The average Bonchev–Trinajstić information content (AvgIpc) is 2.77. The second-order valence-corrected chi connectivity index (χ2v) is 10.4. The lowest BCUT2D eigenvalue weighted by Crippen LogP contribution is -2.48. The minimum Gasteiger partial charge on any atom is -0.288 e. The van der Waals surface area contributed by atoms with Gasteiger partial charge in [0.2, 0.25) is 0 Å². The number of hydrogen-bond acceptors (Lipinski definition) is 2. The van der Waals surface area contributed by atoms with Gasteiger partial charge in [-0.05, 0) is 120 Å².